The molecule has 0 unspecified atom stereocenters. The number of aliphatic carboxylic acids is 1. The van der Waals surface area contributed by atoms with Crippen molar-refractivity contribution in [1.29, 1.82) is 0 Å². The van der Waals surface area contributed by atoms with Crippen molar-refractivity contribution < 1.29 is 14.7 Å². The number of amides is 1. The Morgan fingerprint density at radius 1 is 1.00 bits per heavy atom. The van der Waals surface area contributed by atoms with Crippen molar-refractivity contribution in [3.05, 3.63) is 60.2 Å². The van der Waals surface area contributed by atoms with Crippen LogP contribution in [-0.4, -0.2) is 35.0 Å². The van der Waals surface area contributed by atoms with Crippen LogP contribution in [0.2, 0.25) is 0 Å². The third-order valence-corrected chi connectivity index (χ3v) is 4.31. The molecule has 1 saturated heterocycles. The van der Waals surface area contributed by atoms with Crippen molar-refractivity contribution in [2.45, 2.75) is 12.8 Å². The van der Waals surface area contributed by atoms with E-state index in [1.165, 1.54) is 0 Å². The number of hydrogen-bond acceptors (Lipinski definition) is 2. The molecule has 1 fully saturated rings. The largest absolute Gasteiger partial charge is 0.481 e. The van der Waals surface area contributed by atoms with Crippen LogP contribution in [0.15, 0.2) is 54.6 Å². The van der Waals surface area contributed by atoms with E-state index in [2.05, 4.69) is 12.1 Å². The van der Waals surface area contributed by atoms with E-state index in [1.54, 1.807) is 4.90 Å². The molecule has 1 atom stereocenters. The van der Waals surface area contributed by atoms with Crippen molar-refractivity contribution >= 4 is 11.9 Å². The van der Waals surface area contributed by atoms with E-state index in [1.807, 2.05) is 42.5 Å². The van der Waals surface area contributed by atoms with Crippen LogP contribution < -0.4 is 0 Å². The molecule has 1 heterocycles. The number of benzene rings is 2. The number of carboxylic acid groups (broad SMARTS) is 1. The lowest BCUT2D eigenvalue weighted by Gasteiger charge is -2.16. The van der Waals surface area contributed by atoms with Gasteiger partial charge in [0, 0.05) is 13.1 Å². The van der Waals surface area contributed by atoms with Gasteiger partial charge >= 0.3 is 5.97 Å². The fourth-order valence-corrected chi connectivity index (χ4v) is 2.92. The van der Waals surface area contributed by atoms with Gasteiger partial charge in [0.1, 0.15) is 0 Å². The van der Waals surface area contributed by atoms with Crippen LogP contribution in [0.5, 0.6) is 0 Å². The summed E-state index contributed by atoms with van der Waals surface area (Å²) in [5.41, 5.74) is 3.22. The molecule has 23 heavy (non-hydrogen) atoms. The highest BCUT2D eigenvalue weighted by Gasteiger charge is 2.30. The molecule has 0 aliphatic carbocycles. The summed E-state index contributed by atoms with van der Waals surface area (Å²) in [6, 6.07) is 18.0. The lowest BCUT2D eigenvalue weighted by molar-refractivity contribution is -0.141. The van der Waals surface area contributed by atoms with E-state index in [0.717, 1.165) is 16.7 Å². The van der Waals surface area contributed by atoms with Crippen LogP contribution in [-0.2, 0) is 16.0 Å². The maximum atomic E-state index is 12.3. The predicted octanol–water partition coefficient (Wildman–Crippen LogP) is 2.83. The summed E-state index contributed by atoms with van der Waals surface area (Å²) in [5.74, 6) is -1.23. The third kappa shape index (κ3) is 3.59. The van der Waals surface area contributed by atoms with E-state index >= 15 is 0 Å². The number of carboxylic acids is 1. The monoisotopic (exact) mass is 309 g/mol. The highest BCUT2D eigenvalue weighted by molar-refractivity contribution is 5.81. The average molecular weight is 309 g/mol. The summed E-state index contributed by atoms with van der Waals surface area (Å²) < 4.78 is 0. The van der Waals surface area contributed by atoms with E-state index < -0.39 is 11.9 Å². The van der Waals surface area contributed by atoms with Crippen LogP contribution in [0.25, 0.3) is 11.1 Å². The molecule has 1 aliphatic rings. The van der Waals surface area contributed by atoms with Gasteiger partial charge in [-0.15, -0.1) is 0 Å². The molecule has 0 bridgehead atoms. The molecule has 1 amide bonds. The number of rotatable bonds is 4. The highest BCUT2D eigenvalue weighted by Crippen LogP contribution is 2.21. The number of likely N-dealkylation sites (tertiary alicyclic amines) is 1. The molecule has 0 aromatic heterocycles. The lowest BCUT2D eigenvalue weighted by Crippen LogP contribution is -2.31. The summed E-state index contributed by atoms with van der Waals surface area (Å²) in [5, 5.41) is 9.00. The maximum absolute atomic E-state index is 12.3. The fourth-order valence-electron chi connectivity index (χ4n) is 2.92. The summed E-state index contributed by atoms with van der Waals surface area (Å²) >= 11 is 0. The lowest BCUT2D eigenvalue weighted by atomic mass is 10.0. The zero-order valence-electron chi connectivity index (χ0n) is 12.8. The highest BCUT2D eigenvalue weighted by atomic mass is 16.4. The molecule has 2 aromatic carbocycles. The molecule has 1 aliphatic heterocycles. The summed E-state index contributed by atoms with van der Waals surface area (Å²) in [7, 11) is 0. The first-order valence-corrected chi connectivity index (χ1v) is 7.78. The Morgan fingerprint density at radius 2 is 1.65 bits per heavy atom. The van der Waals surface area contributed by atoms with Crippen molar-refractivity contribution in [3.63, 3.8) is 0 Å². The van der Waals surface area contributed by atoms with Gasteiger partial charge in [0.25, 0.3) is 0 Å². The molecule has 118 valence electrons. The van der Waals surface area contributed by atoms with Gasteiger partial charge in [-0.1, -0.05) is 54.6 Å². The first-order chi connectivity index (χ1) is 11.1. The van der Waals surface area contributed by atoms with Gasteiger partial charge in [-0.05, 0) is 23.1 Å². The van der Waals surface area contributed by atoms with E-state index in [0.29, 0.717) is 25.9 Å². The SMILES string of the molecule is O=C(O)[C@H]1CCN(C(=O)Cc2ccc(-c3ccccc3)cc2)C1. The van der Waals surface area contributed by atoms with Crippen LogP contribution in [0.4, 0.5) is 0 Å². The summed E-state index contributed by atoms with van der Waals surface area (Å²) in [6.07, 6.45) is 0.870. The Labute approximate surface area is 135 Å². The standard InChI is InChI=1S/C19H19NO3/c21-18(20-11-10-17(13-20)19(22)23)12-14-6-8-16(9-7-14)15-4-2-1-3-5-15/h1-9,17H,10-13H2,(H,22,23)/t17-/m0/s1. The van der Waals surface area contributed by atoms with Crippen molar-refractivity contribution in [2.75, 3.05) is 13.1 Å². The van der Waals surface area contributed by atoms with Crippen molar-refractivity contribution in [1.82, 2.24) is 4.90 Å². The predicted molar refractivity (Wildman–Crippen MR) is 87.9 cm³/mol. The maximum Gasteiger partial charge on any atom is 0.308 e. The van der Waals surface area contributed by atoms with Crippen molar-refractivity contribution in [3.8, 4) is 11.1 Å². The van der Waals surface area contributed by atoms with Gasteiger partial charge < -0.3 is 10.0 Å². The van der Waals surface area contributed by atoms with Gasteiger partial charge in [-0.2, -0.15) is 0 Å². The van der Waals surface area contributed by atoms with Gasteiger partial charge in [-0.25, -0.2) is 0 Å². The summed E-state index contributed by atoms with van der Waals surface area (Å²) in [6.45, 7) is 0.869. The third-order valence-electron chi connectivity index (χ3n) is 4.31. The Hall–Kier alpha value is -2.62. The minimum Gasteiger partial charge on any atom is -0.481 e. The van der Waals surface area contributed by atoms with Crippen molar-refractivity contribution in [2.24, 2.45) is 5.92 Å². The molecule has 1 N–H and O–H groups in total. The normalized spacial score (nSPS) is 17.2. The molecular weight excluding hydrogens is 290 g/mol. The number of carbonyl (C=O) groups is 2. The number of carbonyl (C=O) groups excluding carboxylic acids is 1. The Balaban J connectivity index is 1.62. The summed E-state index contributed by atoms with van der Waals surface area (Å²) in [4.78, 5) is 24.9. The Bertz CT molecular complexity index is 694. The zero-order valence-corrected chi connectivity index (χ0v) is 12.8. The van der Waals surface area contributed by atoms with Crippen LogP contribution in [0.3, 0.4) is 0 Å². The molecule has 2 aromatic rings. The topological polar surface area (TPSA) is 57.6 Å². The molecule has 3 rings (SSSR count). The van der Waals surface area contributed by atoms with Gasteiger partial charge in [-0.3, -0.25) is 9.59 Å². The second kappa shape index (κ2) is 6.65. The minimum atomic E-state index is -0.812. The molecule has 0 saturated carbocycles. The second-order valence-corrected chi connectivity index (χ2v) is 5.90. The quantitative estimate of drug-likeness (QED) is 0.945. The van der Waals surface area contributed by atoms with Gasteiger partial charge in [0.15, 0.2) is 0 Å². The number of hydrogen-bond donors (Lipinski definition) is 1. The molecule has 4 nitrogen and oxygen atoms in total. The second-order valence-electron chi connectivity index (χ2n) is 5.90. The molecule has 0 spiro atoms. The molecule has 0 radical (unpaired) electrons. The first kappa shape index (κ1) is 15.3. The first-order valence-electron chi connectivity index (χ1n) is 7.78. The van der Waals surface area contributed by atoms with E-state index in [9.17, 15) is 9.59 Å². The fraction of sp³-hybridized carbons (Fsp3) is 0.263. The van der Waals surface area contributed by atoms with Crippen LogP contribution >= 0.6 is 0 Å². The van der Waals surface area contributed by atoms with E-state index in [-0.39, 0.29) is 5.91 Å². The smallest absolute Gasteiger partial charge is 0.308 e. The Morgan fingerprint density at radius 3 is 2.26 bits per heavy atom. The van der Waals surface area contributed by atoms with Gasteiger partial charge in [0.05, 0.1) is 12.3 Å². The minimum absolute atomic E-state index is 0.00112. The molecule has 4 heteroatoms. The van der Waals surface area contributed by atoms with Crippen LogP contribution in [0, 0.1) is 5.92 Å². The van der Waals surface area contributed by atoms with Crippen LogP contribution in [0.1, 0.15) is 12.0 Å². The average Bonchev–Trinajstić information content (AvgIpc) is 3.07. The Kier molecular flexibility index (Phi) is 4.42. The van der Waals surface area contributed by atoms with E-state index in [4.69, 9.17) is 5.11 Å². The zero-order chi connectivity index (χ0) is 16.2. The van der Waals surface area contributed by atoms with Gasteiger partial charge in [0.2, 0.25) is 5.91 Å². The molecular formula is C19H19NO3. The number of nitrogens with zero attached hydrogens (tertiary/aromatic N) is 1.